The number of hydrogen-bond acceptors (Lipinski definition) is 8. The zero-order valence-corrected chi connectivity index (χ0v) is 21.8. The first-order chi connectivity index (χ1) is 18.2. The van der Waals surface area contributed by atoms with Crippen molar-refractivity contribution >= 4 is 33.5 Å². The smallest absolute Gasteiger partial charge is 0.339 e. The number of hydrogen-bond donors (Lipinski definition) is 0. The van der Waals surface area contributed by atoms with Gasteiger partial charge in [-0.3, -0.25) is 14.4 Å². The van der Waals surface area contributed by atoms with E-state index >= 15 is 0 Å². The molecule has 1 amide bonds. The van der Waals surface area contributed by atoms with Crippen molar-refractivity contribution in [3.05, 3.63) is 83.9 Å². The van der Waals surface area contributed by atoms with Crippen LogP contribution in [0.1, 0.15) is 29.3 Å². The maximum atomic E-state index is 12.6. The fourth-order valence-electron chi connectivity index (χ4n) is 3.97. The number of amides is 1. The van der Waals surface area contributed by atoms with Crippen molar-refractivity contribution in [2.75, 3.05) is 24.7 Å². The minimum Gasteiger partial charge on any atom is -0.492 e. The van der Waals surface area contributed by atoms with Gasteiger partial charge in [0.15, 0.2) is 12.4 Å². The van der Waals surface area contributed by atoms with E-state index in [1.54, 1.807) is 36.4 Å². The fraction of sp³-hybridized carbons (Fsp3) is 0.250. The van der Waals surface area contributed by atoms with Crippen LogP contribution in [0.25, 0.3) is 0 Å². The van der Waals surface area contributed by atoms with Gasteiger partial charge in [-0.25, -0.2) is 0 Å². The molecule has 0 bridgehead atoms. The van der Waals surface area contributed by atoms with Crippen LogP contribution < -0.4 is 13.8 Å². The number of carbonyl (C=O) groups excluding carboxylic acids is 3. The van der Waals surface area contributed by atoms with E-state index in [1.807, 2.05) is 13.8 Å². The second kappa shape index (κ2) is 11.5. The van der Waals surface area contributed by atoms with Gasteiger partial charge >= 0.3 is 16.1 Å². The average molecular weight is 538 g/mol. The largest absolute Gasteiger partial charge is 0.492 e. The maximum Gasteiger partial charge on any atom is 0.339 e. The Labute approximate surface area is 221 Å². The highest BCUT2D eigenvalue weighted by molar-refractivity contribution is 7.87. The number of ether oxygens (including phenoxy) is 2. The van der Waals surface area contributed by atoms with E-state index in [-0.39, 0.29) is 35.1 Å². The molecule has 4 rings (SSSR count). The molecule has 0 N–H and O–H groups in total. The molecule has 1 aliphatic rings. The Hall–Kier alpha value is -4.18. The minimum absolute atomic E-state index is 0.0144. The Kier molecular flexibility index (Phi) is 8.11. The lowest BCUT2D eigenvalue weighted by Gasteiger charge is -2.19. The predicted molar refractivity (Wildman–Crippen MR) is 139 cm³/mol. The van der Waals surface area contributed by atoms with Crippen molar-refractivity contribution in [3.63, 3.8) is 0 Å². The minimum atomic E-state index is -4.02. The molecule has 0 aromatic heterocycles. The number of anilines is 1. The van der Waals surface area contributed by atoms with Gasteiger partial charge < -0.3 is 18.6 Å². The van der Waals surface area contributed by atoms with Crippen LogP contribution in [0.15, 0.2) is 77.7 Å². The normalized spacial score (nSPS) is 15.3. The van der Waals surface area contributed by atoms with Crippen LogP contribution in [-0.4, -0.2) is 45.8 Å². The molecule has 3 aromatic rings. The highest BCUT2D eigenvalue weighted by Gasteiger charge is 2.37. The number of para-hydroxylation sites is 2. The highest BCUT2D eigenvalue weighted by Crippen LogP contribution is 2.33. The SMILES string of the molecule is CCOc1ccccc1N1C[C@H](C(=O)OCC(=O)c2ccc(OS(=O)(=O)c3ccc(C)cc3)cc2)CC1=O. The summed E-state index contributed by atoms with van der Waals surface area (Å²) in [5, 5.41) is 0. The molecule has 38 heavy (non-hydrogen) atoms. The average Bonchev–Trinajstić information content (AvgIpc) is 3.29. The molecule has 0 aliphatic carbocycles. The summed E-state index contributed by atoms with van der Waals surface area (Å²) in [6.45, 7) is 3.73. The Bertz CT molecular complexity index is 1430. The monoisotopic (exact) mass is 537 g/mol. The molecule has 0 spiro atoms. The van der Waals surface area contributed by atoms with E-state index in [2.05, 4.69) is 0 Å². The van der Waals surface area contributed by atoms with Crippen LogP contribution in [0, 0.1) is 12.8 Å². The summed E-state index contributed by atoms with van der Waals surface area (Å²) in [7, 11) is -4.02. The van der Waals surface area contributed by atoms with Gasteiger partial charge in [-0.1, -0.05) is 29.8 Å². The van der Waals surface area contributed by atoms with Gasteiger partial charge in [-0.05, 0) is 62.4 Å². The van der Waals surface area contributed by atoms with E-state index in [4.69, 9.17) is 13.7 Å². The summed E-state index contributed by atoms with van der Waals surface area (Å²) in [4.78, 5) is 39.2. The summed E-state index contributed by atoms with van der Waals surface area (Å²) < 4.78 is 40.8. The number of nitrogens with zero attached hydrogens (tertiary/aromatic N) is 1. The molecular formula is C28H27NO8S. The topological polar surface area (TPSA) is 116 Å². The first-order valence-electron chi connectivity index (χ1n) is 12.0. The van der Waals surface area contributed by atoms with Crippen LogP contribution in [0.3, 0.4) is 0 Å². The van der Waals surface area contributed by atoms with E-state index in [0.717, 1.165) is 5.56 Å². The van der Waals surface area contributed by atoms with E-state index in [1.165, 1.54) is 41.3 Å². The molecule has 198 valence electrons. The summed E-state index contributed by atoms with van der Waals surface area (Å²) in [5.41, 5.74) is 1.71. The van der Waals surface area contributed by atoms with Gasteiger partial charge in [0.2, 0.25) is 5.91 Å². The Morgan fingerprint density at radius 1 is 0.974 bits per heavy atom. The molecule has 1 fully saturated rings. The standard InChI is InChI=1S/C28H27NO8S/c1-3-35-26-7-5-4-6-24(26)29-17-21(16-27(29)31)28(32)36-18-25(30)20-10-12-22(13-11-20)37-38(33,34)23-14-8-19(2)9-15-23/h4-15,21H,3,16-18H2,1-2H3/t21-/m1/s1. The lowest BCUT2D eigenvalue weighted by molar-refractivity contribution is -0.147. The predicted octanol–water partition coefficient (Wildman–Crippen LogP) is 3.94. The molecule has 0 unspecified atom stereocenters. The van der Waals surface area contributed by atoms with Crippen molar-refractivity contribution < 1.29 is 36.5 Å². The summed E-state index contributed by atoms with van der Waals surface area (Å²) in [6, 6.07) is 18.8. The van der Waals surface area contributed by atoms with Crippen molar-refractivity contribution in [2.24, 2.45) is 5.92 Å². The third kappa shape index (κ3) is 6.20. The van der Waals surface area contributed by atoms with Gasteiger partial charge in [0.05, 0.1) is 18.2 Å². The second-order valence-corrected chi connectivity index (χ2v) is 10.3. The van der Waals surface area contributed by atoms with Gasteiger partial charge in [0.1, 0.15) is 16.4 Å². The van der Waals surface area contributed by atoms with Crippen molar-refractivity contribution in [3.8, 4) is 11.5 Å². The van der Waals surface area contributed by atoms with Crippen LogP contribution in [0.4, 0.5) is 5.69 Å². The zero-order chi connectivity index (χ0) is 27.3. The first-order valence-corrected chi connectivity index (χ1v) is 13.4. The Balaban J connectivity index is 1.32. The van der Waals surface area contributed by atoms with Gasteiger partial charge in [0, 0.05) is 18.5 Å². The quantitative estimate of drug-likeness (QED) is 0.217. The number of esters is 1. The van der Waals surface area contributed by atoms with Crippen LogP contribution in [0.2, 0.25) is 0 Å². The maximum absolute atomic E-state index is 12.6. The molecule has 1 aliphatic heterocycles. The molecule has 1 heterocycles. The molecule has 1 saturated heterocycles. The first kappa shape index (κ1) is 26.9. The van der Waals surface area contributed by atoms with Gasteiger partial charge in [-0.15, -0.1) is 0 Å². The number of Topliss-reactive ketones (excluding diaryl/α,β-unsaturated/α-hetero) is 1. The number of carbonyl (C=O) groups is 3. The third-order valence-corrected chi connectivity index (χ3v) is 7.21. The number of rotatable bonds is 10. The van der Waals surface area contributed by atoms with Crippen LogP contribution in [0.5, 0.6) is 11.5 Å². The molecule has 10 heteroatoms. The van der Waals surface area contributed by atoms with Gasteiger partial charge in [0.25, 0.3) is 0 Å². The number of aryl methyl sites for hydroxylation is 1. The molecule has 3 aromatic carbocycles. The Morgan fingerprint density at radius 2 is 1.66 bits per heavy atom. The lowest BCUT2D eigenvalue weighted by Crippen LogP contribution is -2.27. The zero-order valence-electron chi connectivity index (χ0n) is 21.0. The molecule has 0 radical (unpaired) electrons. The van der Waals surface area contributed by atoms with Crippen molar-refractivity contribution in [2.45, 2.75) is 25.2 Å². The van der Waals surface area contributed by atoms with E-state index in [0.29, 0.717) is 18.0 Å². The highest BCUT2D eigenvalue weighted by atomic mass is 32.2. The van der Waals surface area contributed by atoms with E-state index in [9.17, 15) is 22.8 Å². The van der Waals surface area contributed by atoms with Crippen LogP contribution in [-0.2, 0) is 24.4 Å². The molecule has 9 nitrogen and oxygen atoms in total. The molecule has 1 atom stereocenters. The third-order valence-electron chi connectivity index (χ3n) is 5.95. The second-order valence-electron chi connectivity index (χ2n) is 8.71. The number of ketones is 1. The fourth-order valence-corrected chi connectivity index (χ4v) is 4.90. The lowest BCUT2D eigenvalue weighted by atomic mass is 10.1. The molecule has 0 saturated carbocycles. The number of benzene rings is 3. The molecular weight excluding hydrogens is 510 g/mol. The van der Waals surface area contributed by atoms with Crippen molar-refractivity contribution in [1.29, 1.82) is 0 Å². The van der Waals surface area contributed by atoms with Crippen molar-refractivity contribution in [1.82, 2.24) is 0 Å². The summed E-state index contributed by atoms with van der Waals surface area (Å²) >= 11 is 0. The summed E-state index contributed by atoms with van der Waals surface area (Å²) in [6.07, 6.45) is -0.0328. The van der Waals surface area contributed by atoms with E-state index < -0.39 is 34.4 Å². The van der Waals surface area contributed by atoms with Gasteiger partial charge in [-0.2, -0.15) is 8.42 Å². The Morgan fingerprint density at radius 3 is 2.34 bits per heavy atom. The van der Waals surface area contributed by atoms with Crippen LogP contribution >= 0.6 is 0 Å². The summed E-state index contributed by atoms with van der Waals surface area (Å²) in [5.74, 6) is -1.49.